The first-order valence-corrected chi connectivity index (χ1v) is 9.30. The Balaban J connectivity index is 2.26. The molecule has 1 aliphatic rings. The fourth-order valence-electron chi connectivity index (χ4n) is 2.17. The first-order chi connectivity index (χ1) is 8.70. The summed E-state index contributed by atoms with van der Waals surface area (Å²) in [6.45, 7) is 3.54. The quantitative estimate of drug-likeness (QED) is 0.894. The molecule has 7 heteroatoms. The number of sulfonamides is 1. The predicted octanol–water partition coefficient (Wildman–Crippen LogP) is 0.769. The highest BCUT2D eigenvalue weighted by Gasteiger charge is 2.31. The third-order valence-corrected chi connectivity index (χ3v) is 6.62. The second-order valence-corrected chi connectivity index (χ2v) is 8.90. The van der Waals surface area contributed by atoms with Crippen molar-refractivity contribution in [2.75, 3.05) is 11.5 Å². The second kappa shape index (κ2) is 4.88. The Morgan fingerprint density at radius 2 is 1.95 bits per heavy atom. The van der Waals surface area contributed by atoms with Crippen molar-refractivity contribution in [2.24, 2.45) is 0 Å². The number of sulfone groups is 1. The molecular formula is C12H17NO4S2. The molecule has 0 radical (unpaired) electrons. The van der Waals surface area contributed by atoms with E-state index in [1.54, 1.807) is 19.1 Å². The molecule has 0 unspecified atom stereocenters. The van der Waals surface area contributed by atoms with Gasteiger partial charge in [-0.1, -0.05) is 12.1 Å². The van der Waals surface area contributed by atoms with Gasteiger partial charge in [-0.25, -0.2) is 21.6 Å². The average molecular weight is 303 g/mol. The van der Waals surface area contributed by atoms with Crippen LogP contribution in [0.1, 0.15) is 17.5 Å². The molecule has 1 atom stereocenters. The van der Waals surface area contributed by atoms with E-state index < -0.39 is 25.9 Å². The summed E-state index contributed by atoms with van der Waals surface area (Å²) in [7, 11) is -6.76. The van der Waals surface area contributed by atoms with Gasteiger partial charge in [0.15, 0.2) is 9.84 Å². The van der Waals surface area contributed by atoms with Crippen LogP contribution in [0.15, 0.2) is 23.1 Å². The normalized spacial score (nSPS) is 22.5. The maximum absolute atomic E-state index is 12.3. The minimum absolute atomic E-state index is 0.0486. The molecule has 1 aliphatic heterocycles. The van der Waals surface area contributed by atoms with Crippen LogP contribution in [0.2, 0.25) is 0 Å². The number of aryl methyl sites for hydroxylation is 2. The summed E-state index contributed by atoms with van der Waals surface area (Å²) in [5, 5.41) is 0. The molecule has 1 aromatic carbocycles. The van der Waals surface area contributed by atoms with Gasteiger partial charge >= 0.3 is 0 Å². The highest BCUT2D eigenvalue weighted by molar-refractivity contribution is 7.92. The van der Waals surface area contributed by atoms with Gasteiger partial charge in [0.05, 0.1) is 16.4 Å². The third-order valence-electron chi connectivity index (χ3n) is 3.19. The van der Waals surface area contributed by atoms with Gasteiger partial charge in [-0.05, 0) is 37.5 Å². The first kappa shape index (κ1) is 14.5. The molecule has 1 saturated heterocycles. The summed E-state index contributed by atoms with van der Waals surface area (Å²) in [4.78, 5) is 0.219. The predicted molar refractivity (Wildman–Crippen MR) is 73.3 cm³/mol. The van der Waals surface area contributed by atoms with Crippen LogP contribution in [0.3, 0.4) is 0 Å². The Bertz CT molecular complexity index is 692. The molecule has 19 heavy (non-hydrogen) atoms. The van der Waals surface area contributed by atoms with Crippen molar-refractivity contribution >= 4 is 19.9 Å². The van der Waals surface area contributed by atoms with Crippen molar-refractivity contribution in [2.45, 2.75) is 31.2 Å². The number of hydrogen-bond donors (Lipinski definition) is 1. The van der Waals surface area contributed by atoms with Crippen LogP contribution in [0.5, 0.6) is 0 Å². The lowest BCUT2D eigenvalue weighted by Gasteiger charge is -2.13. The smallest absolute Gasteiger partial charge is 0.229 e. The van der Waals surface area contributed by atoms with Crippen LogP contribution in [-0.2, 0) is 19.9 Å². The van der Waals surface area contributed by atoms with Crippen molar-refractivity contribution in [3.63, 3.8) is 0 Å². The van der Waals surface area contributed by atoms with Gasteiger partial charge in [0, 0.05) is 6.04 Å². The van der Waals surface area contributed by atoms with Gasteiger partial charge in [-0.3, -0.25) is 0 Å². The van der Waals surface area contributed by atoms with Crippen molar-refractivity contribution in [3.05, 3.63) is 29.3 Å². The van der Waals surface area contributed by atoms with E-state index >= 15 is 0 Å². The van der Waals surface area contributed by atoms with Crippen LogP contribution in [0.25, 0.3) is 0 Å². The molecular weight excluding hydrogens is 286 g/mol. The number of benzene rings is 1. The Labute approximate surface area is 114 Å². The zero-order valence-electron chi connectivity index (χ0n) is 10.9. The Morgan fingerprint density at radius 1 is 1.26 bits per heavy atom. The van der Waals surface area contributed by atoms with E-state index in [2.05, 4.69) is 4.72 Å². The SMILES string of the molecule is Cc1ccc(C)c(S(=O)(=O)N[C@@H]2CCS(=O)(=O)C2)c1. The molecule has 0 amide bonds. The molecule has 2 rings (SSSR count). The monoisotopic (exact) mass is 303 g/mol. The first-order valence-electron chi connectivity index (χ1n) is 6.00. The van der Waals surface area contributed by atoms with E-state index in [4.69, 9.17) is 0 Å². The minimum atomic E-state index is -3.66. The van der Waals surface area contributed by atoms with Crippen LogP contribution in [0, 0.1) is 13.8 Å². The van der Waals surface area contributed by atoms with Crippen LogP contribution >= 0.6 is 0 Å². The van der Waals surface area contributed by atoms with E-state index in [0.717, 1.165) is 5.56 Å². The van der Waals surface area contributed by atoms with Gasteiger partial charge in [-0.2, -0.15) is 0 Å². The molecule has 5 nitrogen and oxygen atoms in total. The molecule has 1 fully saturated rings. The summed E-state index contributed by atoms with van der Waals surface area (Å²) in [6.07, 6.45) is 0.340. The van der Waals surface area contributed by atoms with E-state index in [-0.39, 0.29) is 16.4 Å². The summed E-state index contributed by atoms with van der Waals surface area (Å²) in [6, 6.07) is 4.67. The van der Waals surface area contributed by atoms with E-state index in [0.29, 0.717) is 12.0 Å². The minimum Gasteiger partial charge on any atom is -0.229 e. The molecule has 0 spiro atoms. The van der Waals surface area contributed by atoms with E-state index in [1.807, 2.05) is 13.0 Å². The summed E-state index contributed by atoms with van der Waals surface area (Å²) in [5.74, 6) is -0.0654. The molecule has 106 valence electrons. The highest BCUT2D eigenvalue weighted by Crippen LogP contribution is 2.19. The van der Waals surface area contributed by atoms with E-state index in [1.165, 1.54) is 0 Å². The number of hydrogen-bond acceptors (Lipinski definition) is 4. The largest absolute Gasteiger partial charge is 0.241 e. The lowest BCUT2D eigenvalue weighted by Crippen LogP contribution is -2.35. The fourth-order valence-corrected chi connectivity index (χ4v) is 5.55. The van der Waals surface area contributed by atoms with Gasteiger partial charge in [0.1, 0.15) is 0 Å². The maximum atomic E-state index is 12.3. The number of rotatable bonds is 3. The Kier molecular flexibility index (Phi) is 3.72. The van der Waals surface area contributed by atoms with Crippen molar-refractivity contribution in [1.82, 2.24) is 4.72 Å². The third kappa shape index (κ3) is 3.34. The Hall–Kier alpha value is -0.920. The molecule has 1 aromatic rings. The molecule has 0 saturated carbocycles. The fraction of sp³-hybridized carbons (Fsp3) is 0.500. The van der Waals surface area contributed by atoms with Crippen molar-refractivity contribution in [1.29, 1.82) is 0 Å². The van der Waals surface area contributed by atoms with Crippen LogP contribution < -0.4 is 4.72 Å². The van der Waals surface area contributed by atoms with Gasteiger partial charge < -0.3 is 0 Å². The molecule has 1 N–H and O–H groups in total. The second-order valence-electron chi connectivity index (χ2n) is 4.99. The topological polar surface area (TPSA) is 80.3 Å². The van der Waals surface area contributed by atoms with Gasteiger partial charge in [0.2, 0.25) is 10.0 Å². The van der Waals surface area contributed by atoms with Gasteiger partial charge in [-0.15, -0.1) is 0 Å². The van der Waals surface area contributed by atoms with Gasteiger partial charge in [0.25, 0.3) is 0 Å². The molecule has 0 aromatic heterocycles. The summed E-state index contributed by atoms with van der Waals surface area (Å²) < 4.78 is 49.7. The summed E-state index contributed by atoms with van der Waals surface area (Å²) in [5.41, 5.74) is 1.50. The lowest BCUT2D eigenvalue weighted by molar-refractivity contribution is 0.562. The highest BCUT2D eigenvalue weighted by atomic mass is 32.2. The number of nitrogens with one attached hydrogen (secondary N) is 1. The molecule has 1 heterocycles. The molecule has 0 aliphatic carbocycles. The van der Waals surface area contributed by atoms with Crippen LogP contribution in [0.4, 0.5) is 0 Å². The average Bonchev–Trinajstić information content (AvgIpc) is 2.60. The van der Waals surface area contributed by atoms with E-state index in [9.17, 15) is 16.8 Å². The zero-order valence-corrected chi connectivity index (χ0v) is 12.5. The van der Waals surface area contributed by atoms with Crippen LogP contribution in [-0.4, -0.2) is 34.4 Å². The van der Waals surface area contributed by atoms with Crippen molar-refractivity contribution < 1.29 is 16.8 Å². The van der Waals surface area contributed by atoms with Crippen molar-refractivity contribution in [3.8, 4) is 0 Å². The molecule has 0 bridgehead atoms. The summed E-state index contributed by atoms with van der Waals surface area (Å²) >= 11 is 0. The maximum Gasteiger partial charge on any atom is 0.241 e. The lowest BCUT2D eigenvalue weighted by atomic mass is 10.2. The Morgan fingerprint density at radius 3 is 2.53 bits per heavy atom. The standard InChI is InChI=1S/C12H17NO4S2/c1-9-3-4-10(2)12(7-9)19(16,17)13-11-5-6-18(14,15)8-11/h3-4,7,11,13H,5-6,8H2,1-2H3/t11-/m1/s1. The zero-order chi connectivity index (χ0) is 14.3.